The Bertz CT molecular complexity index is 1020. The van der Waals surface area contributed by atoms with Crippen LogP contribution in [0.3, 0.4) is 0 Å². The second kappa shape index (κ2) is 8.45. The van der Waals surface area contributed by atoms with Crippen molar-refractivity contribution in [2.75, 3.05) is 6.54 Å². The summed E-state index contributed by atoms with van der Waals surface area (Å²) in [5.74, 6) is 2.21. The molecule has 0 atom stereocenters. The van der Waals surface area contributed by atoms with Crippen LogP contribution in [-0.4, -0.2) is 32.5 Å². The molecule has 4 rings (SSSR count). The summed E-state index contributed by atoms with van der Waals surface area (Å²) in [6.07, 6.45) is 6.87. The number of aryl methyl sites for hydroxylation is 4. The molecule has 1 fully saturated rings. The van der Waals surface area contributed by atoms with Gasteiger partial charge in [-0.1, -0.05) is 17.2 Å². The fourth-order valence-electron chi connectivity index (χ4n) is 4.40. The van der Waals surface area contributed by atoms with E-state index in [-0.39, 0.29) is 5.91 Å². The standard InChI is InChI=1S/C22H29N5O3/c1-5-18-20(14(3)26-29-18)22(28)23-11-15-6-8-16(9-7-15)21-17(12-27(4)24-21)19-10-13(2)25-30-19/h10,12,15-16H,5-9,11H2,1-4H3,(H,23,28). The topological polar surface area (TPSA) is 99.0 Å². The van der Waals surface area contributed by atoms with E-state index < -0.39 is 0 Å². The van der Waals surface area contributed by atoms with Crippen molar-refractivity contribution < 1.29 is 13.8 Å². The molecule has 0 saturated heterocycles. The molecule has 160 valence electrons. The minimum absolute atomic E-state index is 0.0829. The molecular formula is C22H29N5O3. The lowest BCUT2D eigenvalue weighted by Crippen LogP contribution is -2.31. The summed E-state index contributed by atoms with van der Waals surface area (Å²) in [7, 11) is 1.94. The first kappa shape index (κ1) is 20.4. The molecule has 3 heterocycles. The van der Waals surface area contributed by atoms with Crippen molar-refractivity contribution in [2.24, 2.45) is 13.0 Å². The van der Waals surface area contributed by atoms with E-state index in [9.17, 15) is 4.79 Å². The second-order valence-corrected chi connectivity index (χ2v) is 8.28. The lowest BCUT2D eigenvalue weighted by Gasteiger charge is -2.28. The van der Waals surface area contributed by atoms with Crippen LogP contribution in [-0.2, 0) is 13.5 Å². The second-order valence-electron chi connectivity index (χ2n) is 8.28. The van der Waals surface area contributed by atoms with Gasteiger partial charge in [-0.2, -0.15) is 5.10 Å². The minimum atomic E-state index is -0.0829. The van der Waals surface area contributed by atoms with Crippen LogP contribution >= 0.6 is 0 Å². The van der Waals surface area contributed by atoms with Gasteiger partial charge < -0.3 is 14.4 Å². The fraction of sp³-hybridized carbons (Fsp3) is 0.545. The zero-order chi connectivity index (χ0) is 21.3. The first-order chi connectivity index (χ1) is 14.5. The molecule has 0 radical (unpaired) electrons. The zero-order valence-corrected chi connectivity index (χ0v) is 18.1. The van der Waals surface area contributed by atoms with Crippen molar-refractivity contribution in [1.29, 1.82) is 0 Å². The lowest BCUT2D eigenvalue weighted by molar-refractivity contribution is 0.0940. The van der Waals surface area contributed by atoms with Gasteiger partial charge in [-0.05, 0) is 45.4 Å². The quantitative estimate of drug-likeness (QED) is 0.659. The normalized spacial score (nSPS) is 19.2. The third kappa shape index (κ3) is 4.04. The smallest absolute Gasteiger partial charge is 0.256 e. The Morgan fingerprint density at radius 3 is 2.63 bits per heavy atom. The Morgan fingerprint density at radius 1 is 1.20 bits per heavy atom. The van der Waals surface area contributed by atoms with E-state index in [4.69, 9.17) is 14.1 Å². The van der Waals surface area contributed by atoms with Gasteiger partial charge in [0.05, 0.1) is 22.6 Å². The number of rotatable bonds is 6. The third-order valence-corrected chi connectivity index (χ3v) is 6.02. The summed E-state index contributed by atoms with van der Waals surface area (Å²) < 4.78 is 12.6. The molecule has 1 aliphatic rings. The summed E-state index contributed by atoms with van der Waals surface area (Å²) in [5, 5.41) is 15.8. The van der Waals surface area contributed by atoms with Gasteiger partial charge in [0, 0.05) is 38.2 Å². The van der Waals surface area contributed by atoms with Crippen LogP contribution in [0.5, 0.6) is 0 Å². The van der Waals surface area contributed by atoms with Gasteiger partial charge in [0.15, 0.2) is 5.76 Å². The van der Waals surface area contributed by atoms with Crippen LogP contribution in [0.2, 0.25) is 0 Å². The van der Waals surface area contributed by atoms with Gasteiger partial charge in [0.2, 0.25) is 0 Å². The highest BCUT2D eigenvalue weighted by Crippen LogP contribution is 2.39. The predicted octanol–water partition coefficient (Wildman–Crippen LogP) is 3.95. The molecule has 0 spiro atoms. The highest BCUT2D eigenvalue weighted by Gasteiger charge is 2.28. The predicted molar refractivity (Wildman–Crippen MR) is 111 cm³/mol. The van der Waals surface area contributed by atoms with Crippen molar-refractivity contribution >= 4 is 5.91 Å². The molecule has 8 nitrogen and oxygen atoms in total. The molecule has 0 aromatic carbocycles. The maximum Gasteiger partial charge on any atom is 0.256 e. The Balaban J connectivity index is 1.36. The van der Waals surface area contributed by atoms with Crippen LogP contribution < -0.4 is 5.32 Å². The molecule has 0 bridgehead atoms. The van der Waals surface area contributed by atoms with Crippen LogP contribution in [0.1, 0.15) is 71.7 Å². The first-order valence-electron chi connectivity index (χ1n) is 10.7. The molecule has 0 aliphatic heterocycles. The van der Waals surface area contributed by atoms with Gasteiger partial charge in [-0.25, -0.2) is 0 Å². The Morgan fingerprint density at radius 2 is 1.97 bits per heavy atom. The molecule has 1 saturated carbocycles. The van der Waals surface area contributed by atoms with Crippen molar-refractivity contribution in [3.8, 4) is 11.3 Å². The zero-order valence-electron chi connectivity index (χ0n) is 18.1. The average Bonchev–Trinajstić information content (AvgIpc) is 3.44. The number of nitrogens with zero attached hydrogens (tertiary/aromatic N) is 4. The fourth-order valence-corrected chi connectivity index (χ4v) is 4.40. The summed E-state index contributed by atoms with van der Waals surface area (Å²) in [4.78, 5) is 12.6. The van der Waals surface area contributed by atoms with Crippen molar-refractivity contribution in [3.63, 3.8) is 0 Å². The monoisotopic (exact) mass is 411 g/mol. The van der Waals surface area contributed by atoms with Crippen LogP contribution in [0.15, 0.2) is 21.3 Å². The number of hydrogen-bond acceptors (Lipinski definition) is 6. The Kier molecular flexibility index (Phi) is 5.74. The summed E-state index contributed by atoms with van der Waals surface area (Å²) in [6, 6.07) is 1.96. The molecule has 30 heavy (non-hydrogen) atoms. The number of hydrogen-bond donors (Lipinski definition) is 1. The average molecular weight is 412 g/mol. The van der Waals surface area contributed by atoms with Crippen molar-refractivity contribution in [1.82, 2.24) is 25.4 Å². The van der Waals surface area contributed by atoms with Crippen LogP contribution in [0.4, 0.5) is 0 Å². The summed E-state index contributed by atoms with van der Waals surface area (Å²) in [5.41, 5.74) is 4.23. The van der Waals surface area contributed by atoms with Crippen molar-refractivity contribution in [2.45, 2.75) is 58.8 Å². The maximum atomic E-state index is 12.6. The van der Waals surface area contributed by atoms with E-state index in [0.717, 1.165) is 48.4 Å². The van der Waals surface area contributed by atoms with Crippen LogP contribution in [0.25, 0.3) is 11.3 Å². The van der Waals surface area contributed by atoms with Crippen molar-refractivity contribution in [3.05, 3.63) is 40.7 Å². The van der Waals surface area contributed by atoms with E-state index in [1.165, 1.54) is 0 Å². The summed E-state index contributed by atoms with van der Waals surface area (Å²) >= 11 is 0. The molecule has 1 N–H and O–H groups in total. The minimum Gasteiger partial charge on any atom is -0.360 e. The van der Waals surface area contributed by atoms with E-state index in [2.05, 4.69) is 15.6 Å². The van der Waals surface area contributed by atoms with E-state index in [1.807, 2.05) is 44.8 Å². The highest BCUT2D eigenvalue weighted by atomic mass is 16.5. The molecule has 1 aliphatic carbocycles. The number of aromatic nitrogens is 4. The molecule has 8 heteroatoms. The van der Waals surface area contributed by atoms with Gasteiger partial charge in [-0.15, -0.1) is 0 Å². The van der Waals surface area contributed by atoms with Gasteiger partial charge in [-0.3, -0.25) is 9.48 Å². The number of carbonyl (C=O) groups excluding carboxylic acids is 1. The molecule has 3 aromatic rings. The number of carbonyl (C=O) groups is 1. The molecule has 0 unspecified atom stereocenters. The summed E-state index contributed by atoms with van der Waals surface area (Å²) in [6.45, 7) is 6.37. The SMILES string of the molecule is CCc1onc(C)c1C(=O)NCC1CCC(c2nn(C)cc2-c2cc(C)no2)CC1. The van der Waals surface area contributed by atoms with E-state index in [0.29, 0.717) is 41.8 Å². The Hall–Kier alpha value is -2.90. The maximum absolute atomic E-state index is 12.6. The third-order valence-electron chi connectivity index (χ3n) is 6.02. The van der Waals surface area contributed by atoms with Gasteiger partial charge in [0.1, 0.15) is 11.3 Å². The highest BCUT2D eigenvalue weighted by molar-refractivity contribution is 5.96. The lowest BCUT2D eigenvalue weighted by atomic mass is 9.79. The molecular weight excluding hydrogens is 382 g/mol. The van der Waals surface area contributed by atoms with Gasteiger partial charge >= 0.3 is 0 Å². The molecule has 1 amide bonds. The largest absolute Gasteiger partial charge is 0.360 e. The first-order valence-corrected chi connectivity index (χ1v) is 10.7. The van der Waals surface area contributed by atoms with Gasteiger partial charge in [0.25, 0.3) is 5.91 Å². The van der Waals surface area contributed by atoms with E-state index >= 15 is 0 Å². The van der Waals surface area contributed by atoms with E-state index in [1.54, 1.807) is 0 Å². The number of nitrogens with one attached hydrogen (secondary N) is 1. The van der Waals surface area contributed by atoms with Crippen LogP contribution in [0, 0.1) is 19.8 Å². The Labute approximate surface area is 176 Å². The number of amides is 1. The molecule has 3 aromatic heterocycles.